The van der Waals surface area contributed by atoms with E-state index in [1.165, 1.54) is 12.1 Å². The van der Waals surface area contributed by atoms with Crippen LogP contribution in [0.15, 0.2) is 30.3 Å². The lowest BCUT2D eigenvalue weighted by atomic mass is 10.0. The van der Waals surface area contributed by atoms with Crippen molar-refractivity contribution in [3.63, 3.8) is 0 Å². The normalized spacial score (nSPS) is 10.2. The van der Waals surface area contributed by atoms with Crippen LogP contribution in [-0.2, 0) is 6.42 Å². The predicted octanol–water partition coefficient (Wildman–Crippen LogP) is 3.29. The molecule has 4 heteroatoms. The molecule has 0 atom stereocenters. The second-order valence-electron chi connectivity index (χ2n) is 4.30. The first-order chi connectivity index (χ1) is 9.15. The number of rotatable bonds is 3. The van der Waals surface area contributed by atoms with Gasteiger partial charge in [0.2, 0.25) is 0 Å². The average Bonchev–Trinajstić information content (AvgIpc) is 2.39. The van der Waals surface area contributed by atoms with Gasteiger partial charge in [0.05, 0.1) is 11.3 Å². The summed E-state index contributed by atoms with van der Waals surface area (Å²) in [7, 11) is 0. The van der Waals surface area contributed by atoms with Crippen LogP contribution in [-0.4, -0.2) is 4.98 Å². The molecule has 2 rings (SSSR count). The molecule has 3 nitrogen and oxygen atoms in total. The van der Waals surface area contributed by atoms with E-state index in [-0.39, 0.29) is 11.6 Å². The number of hydrogen-bond acceptors (Lipinski definition) is 3. The lowest BCUT2D eigenvalue weighted by Crippen LogP contribution is -2.02. The van der Waals surface area contributed by atoms with E-state index in [4.69, 9.17) is 11.0 Å². The van der Waals surface area contributed by atoms with E-state index in [2.05, 4.69) is 11.1 Å². The maximum absolute atomic E-state index is 12.9. The van der Waals surface area contributed by atoms with Gasteiger partial charge in [-0.05, 0) is 42.3 Å². The second-order valence-corrected chi connectivity index (χ2v) is 4.30. The molecule has 2 aromatic rings. The molecular weight excluding hydrogens is 241 g/mol. The van der Waals surface area contributed by atoms with Crippen molar-refractivity contribution in [2.45, 2.75) is 19.8 Å². The molecular formula is C15H14FN3. The number of benzene rings is 1. The summed E-state index contributed by atoms with van der Waals surface area (Å²) in [6.45, 7) is 2.04. The molecule has 0 fully saturated rings. The maximum Gasteiger partial charge on any atom is 0.142 e. The first kappa shape index (κ1) is 13.0. The highest BCUT2D eigenvalue weighted by molar-refractivity contribution is 5.66. The van der Waals surface area contributed by atoms with E-state index < -0.39 is 0 Å². The third-order valence-corrected chi connectivity index (χ3v) is 2.90. The van der Waals surface area contributed by atoms with Crippen molar-refractivity contribution < 1.29 is 4.39 Å². The number of aromatic nitrogens is 1. The molecule has 0 spiro atoms. The van der Waals surface area contributed by atoms with E-state index >= 15 is 0 Å². The quantitative estimate of drug-likeness (QED) is 0.915. The number of aryl methyl sites for hydroxylation is 1. The Morgan fingerprint density at radius 1 is 1.32 bits per heavy atom. The maximum atomic E-state index is 12.9. The van der Waals surface area contributed by atoms with Crippen molar-refractivity contribution in [1.29, 1.82) is 5.26 Å². The summed E-state index contributed by atoms with van der Waals surface area (Å²) in [5.41, 5.74) is 8.60. The zero-order chi connectivity index (χ0) is 13.8. The highest BCUT2D eigenvalue weighted by Crippen LogP contribution is 2.24. The van der Waals surface area contributed by atoms with Crippen LogP contribution in [0, 0.1) is 17.1 Å². The Morgan fingerprint density at radius 3 is 2.58 bits per heavy atom. The first-order valence-corrected chi connectivity index (χ1v) is 6.11. The van der Waals surface area contributed by atoms with Gasteiger partial charge in [-0.25, -0.2) is 9.37 Å². The highest BCUT2D eigenvalue weighted by atomic mass is 19.1. The SMILES string of the molecule is CCCc1cc(-c2ccc(F)cc2)nc(N)c1C#N. The summed E-state index contributed by atoms with van der Waals surface area (Å²) < 4.78 is 12.9. The number of nitrogen functional groups attached to an aromatic ring is 1. The third kappa shape index (κ3) is 2.71. The number of pyridine rings is 1. The molecule has 0 aliphatic heterocycles. The summed E-state index contributed by atoms with van der Waals surface area (Å²) >= 11 is 0. The smallest absolute Gasteiger partial charge is 0.142 e. The number of nitriles is 1. The number of anilines is 1. The number of nitrogens with two attached hydrogens (primary N) is 1. The lowest BCUT2D eigenvalue weighted by molar-refractivity contribution is 0.628. The Hall–Kier alpha value is -2.41. The monoisotopic (exact) mass is 255 g/mol. The van der Waals surface area contributed by atoms with E-state index in [0.717, 1.165) is 24.0 Å². The van der Waals surface area contributed by atoms with Crippen molar-refractivity contribution in [2.75, 3.05) is 5.73 Å². The zero-order valence-electron chi connectivity index (χ0n) is 10.7. The minimum Gasteiger partial charge on any atom is -0.383 e. The van der Waals surface area contributed by atoms with Crippen molar-refractivity contribution in [3.05, 3.63) is 47.3 Å². The molecule has 0 radical (unpaired) electrons. The van der Waals surface area contributed by atoms with Crippen LogP contribution >= 0.6 is 0 Å². The second kappa shape index (κ2) is 5.49. The molecule has 1 aromatic carbocycles. The van der Waals surface area contributed by atoms with E-state index in [1.807, 2.05) is 13.0 Å². The number of halogens is 1. The van der Waals surface area contributed by atoms with E-state index in [1.54, 1.807) is 12.1 Å². The first-order valence-electron chi connectivity index (χ1n) is 6.11. The Bertz CT molecular complexity index is 627. The van der Waals surface area contributed by atoms with Crippen molar-refractivity contribution in [3.8, 4) is 17.3 Å². The third-order valence-electron chi connectivity index (χ3n) is 2.90. The van der Waals surface area contributed by atoms with Gasteiger partial charge in [-0.2, -0.15) is 5.26 Å². The van der Waals surface area contributed by atoms with Gasteiger partial charge in [0, 0.05) is 5.56 Å². The van der Waals surface area contributed by atoms with Gasteiger partial charge in [0.25, 0.3) is 0 Å². The fourth-order valence-electron chi connectivity index (χ4n) is 1.98. The average molecular weight is 255 g/mol. The fraction of sp³-hybridized carbons (Fsp3) is 0.200. The molecule has 1 heterocycles. The van der Waals surface area contributed by atoms with Crippen LogP contribution in [0.5, 0.6) is 0 Å². The topological polar surface area (TPSA) is 62.7 Å². The fourth-order valence-corrected chi connectivity index (χ4v) is 1.98. The van der Waals surface area contributed by atoms with Crippen molar-refractivity contribution >= 4 is 5.82 Å². The standard InChI is InChI=1S/C15H14FN3/c1-2-3-11-8-14(19-15(18)13(11)9-17)10-4-6-12(16)7-5-10/h4-8H,2-3H2,1H3,(H2,18,19). The molecule has 96 valence electrons. The minimum absolute atomic E-state index is 0.229. The van der Waals surface area contributed by atoms with Crippen molar-refractivity contribution in [1.82, 2.24) is 4.98 Å². The van der Waals surface area contributed by atoms with Gasteiger partial charge in [-0.1, -0.05) is 13.3 Å². The van der Waals surface area contributed by atoms with Crippen LogP contribution in [0.25, 0.3) is 11.3 Å². The van der Waals surface area contributed by atoms with Gasteiger partial charge >= 0.3 is 0 Å². The molecule has 0 saturated carbocycles. The predicted molar refractivity (Wildman–Crippen MR) is 72.8 cm³/mol. The van der Waals surface area contributed by atoms with Crippen LogP contribution in [0.4, 0.5) is 10.2 Å². The highest BCUT2D eigenvalue weighted by Gasteiger charge is 2.11. The summed E-state index contributed by atoms with van der Waals surface area (Å²) in [5, 5.41) is 9.10. The van der Waals surface area contributed by atoms with E-state index in [0.29, 0.717) is 11.3 Å². The van der Waals surface area contributed by atoms with Crippen LogP contribution in [0.3, 0.4) is 0 Å². The van der Waals surface area contributed by atoms with Gasteiger partial charge < -0.3 is 5.73 Å². The molecule has 0 aliphatic carbocycles. The van der Waals surface area contributed by atoms with Gasteiger partial charge in [0.1, 0.15) is 17.7 Å². The molecule has 0 aliphatic rings. The molecule has 1 aromatic heterocycles. The molecule has 0 bridgehead atoms. The van der Waals surface area contributed by atoms with Crippen LogP contribution in [0.2, 0.25) is 0 Å². The summed E-state index contributed by atoms with van der Waals surface area (Å²) in [4.78, 5) is 4.22. The Labute approximate surface area is 111 Å². The van der Waals surface area contributed by atoms with Crippen molar-refractivity contribution in [2.24, 2.45) is 0 Å². The molecule has 0 amide bonds. The van der Waals surface area contributed by atoms with Gasteiger partial charge in [-0.15, -0.1) is 0 Å². The summed E-state index contributed by atoms with van der Waals surface area (Å²) in [6.07, 6.45) is 1.69. The van der Waals surface area contributed by atoms with Crippen LogP contribution in [0.1, 0.15) is 24.5 Å². The lowest BCUT2D eigenvalue weighted by Gasteiger charge is -2.09. The minimum atomic E-state index is -0.292. The zero-order valence-corrected chi connectivity index (χ0v) is 10.7. The Morgan fingerprint density at radius 2 is 2.00 bits per heavy atom. The molecule has 2 N–H and O–H groups in total. The summed E-state index contributed by atoms with van der Waals surface area (Å²) in [5.74, 6) is -0.0630. The molecule has 0 saturated heterocycles. The summed E-state index contributed by atoms with van der Waals surface area (Å²) in [6, 6.07) is 10.0. The number of nitrogens with zero attached hydrogens (tertiary/aromatic N) is 2. The van der Waals surface area contributed by atoms with Gasteiger partial charge in [0.15, 0.2) is 0 Å². The largest absolute Gasteiger partial charge is 0.383 e. The Kier molecular flexibility index (Phi) is 3.76. The van der Waals surface area contributed by atoms with Crippen LogP contribution < -0.4 is 5.73 Å². The molecule has 0 unspecified atom stereocenters. The van der Waals surface area contributed by atoms with Gasteiger partial charge in [-0.3, -0.25) is 0 Å². The van der Waals surface area contributed by atoms with E-state index in [9.17, 15) is 4.39 Å². The Balaban J connectivity index is 2.53. The molecule has 19 heavy (non-hydrogen) atoms. The number of hydrogen-bond donors (Lipinski definition) is 1.